The summed E-state index contributed by atoms with van der Waals surface area (Å²) in [6, 6.07) is 6.90. The van der Waals surface area contributed by atoms with Crippen LogP contribution in [0.1, 0.15) is 22.2 Å². The van der Waals surface area contributed by atoms with Crippen LogP contribution in [0.15, 0.2) is 41.3 Å². The van der Waals surface area contributed by atoms with E-state index in [9.17, 15) is 14.0 Å². The number of thiazole rings is 1. The normalized spacial score (nSPS) is 18.2. The Hall–Kier alpha value is -2.58. The molecule has 0 aliphatic carbocycles. The molecule has 1 saturated heterocycles. The van der Waals surface area contributed by atoms with E-state index in [0.717, 1.165) is 4.88 Å². The number of aromatic nitrogens is 2. The zero-order valence-corrected chi connectivity index (χ0v) is 14.9. The molecule has 6 nitrogen and oxygen atoms in total. The summed E-state index contributed by atoms with van der Waals surface area (Å²) in [7, 11) is 0. The zero-order chi connectivity index (χ0) is 18.3. The largest absolute Gasteiger partial charge is 0.353 e. The van der Waals surface area contributed by atoms with Crippen molar-refractivity contribution in [2.45, 2.75) is 19.5 Å². The number of nitrogens with one attached hydrogen (secondary N) is 1. The third kappa shape index (κ3) is 3.13. The molecule has 4 rings (SSSR count). The Kier molecular flexibility index (Phi) is 4.29. The second kappa shape index (κ2) is 6.62. The SMILES string of the molecule is Cc1cn2c(=O)cc(CN3CCNC(=O)[C@H]3c3ccc(F)cc3)nc2s1. The zero-order valence-electron chi connectivity index (χ0n) is 14.1. The van der Waals surface area contributed by atoms with Crippen LogP contribution in [0.2, 0.25) is 0 Å². The molecule has 1 atom stereocenters. The van der Waals surface area contributed by atoms with Gasteiger partial charge in [-0.3, -0.25) is 18.9 Å². The summed E-state index contributed by atoms with van der Waals surface area (Å²) in [5, 5.41) is 2.85. The molecule has 1 N–H and O–H groups in total. The Labute approximate surface area is 152 Å². The first-order valence-electron chi connectivity index (χ1n) is 8.27. The monoisotopic (exact) mass is 372 g/mol. The van der Waals surface area contributed by atoms with Gasteiger partial charge in [0.05, 0.1) is 5.69 Å². The highest BCUT2D eigenvalue weighted by molar-refractivity contribution is 7.16. The molecule has 3 aromatic rings. The highest BCUT2D eigenvalue weighted by atomic mass is 32.1. The second-order valence-corrected chi connectivity index (χ2v) is 7.51. The van der Waals surface area contributed by atoms with Gasteiger partial charge < -0.3 is 5.32 Å². The minimum Gasteiger partial charge on any atom is -0.353 e. The Balaban J connectivity index is 1.67. The number of halogens is 1. The first-order chi connectivity index (χ1) is 12.5. The van der Waals surface area contributed by atoms with Crippen molar-refractivity contribution in [1.29, 1.82) is 0 Å². The van der Waals surface area contributed by atoms with Crippen molar-refractivity contribution in [1.82, 2.24) is 19.6 Å². The summed E-state index contributed by atoms with van der Waals surface area (Å²) < 4.78 is 14.8. The molecule has 134 valence electrons. The lowest BCUT2D eigenvalue weighted by molar-refractivity contribution is -0.129. The van der Waals surface area contributed by atoms with Gasteiger partial charge in [0.15, 0.2) is 4.96 Å². The van der Waals surface area contributed by atoms with Gasteiger partial charge in [0.25, 0.3) is 5.56 Å². The average molecular weight is 372 g/mol. The number of hydrogen-bond donors (Lipinski definition) is 1. The number of piperazine rings is 1. The van der Waals surface area contributed by atoms with Gasteiger partial charge in [0.1, 0.15) is 11.9 Å². The molecule has 0 radical (unpaired) electrons. The number of hydrogen-bond acceptors (Lipinski definition) is 5. The van der Waals surface area contributed by atoms with Crippen molar-refractivity contribution in [3.63, 3.8) is 0 Å². The van der Waals surface area contributed by atoms with Crippen LogP contribution in [0, 0.1) is 12.7 Å². The van der Waals surface area contributed by atoms with Gasteiger partial charge >= 0.3 is 0 Å². The van der Waals surface area contributed by atoms with Crippen molar-refractivity contribution >= 4 is 22.2 Å². The maximum atomic E-state index is 13.2. The summed E-state index contributed by atoms with van der Waals surface area (Å²) in [4.78, 5) is 32.9. The van der Waals surface area contributed by atoms with Crippen molar-refractivity contribution in [2.75, 3.05) is 13.1 Å². The van der Waals surface area contributed by atoms with Crippen LogP contribution in [0.5, 0.6) is 0 Å². The quantitative estimate of drug-likeness (QED) is 0.762. The fourth-order valence-electron chi connectivity index (χ4n) is 3.24. The number of nitrogens with zero attached hydrogens (tertiary/aromatic N) is 3. The highest BCUT2D eigenvalue weighted by Gasteiger charge is 2.31. The maximum Gasteiger partial charge on any atom is 0.258 e. The summed E-state index contributed by atoms with van der Waals surface area (Å²) in [5.74, 6) is -0.475. The molecule has 0 spiro atoms. The van der Waals surface area contributed by atoms with Gasteiger partial charge in [-0.2, -0.15) is 0 Å². The molecule has 0 bridgehead atoms. The molecule has 1 aliphatic rings. The number of rotatable bonds is 3. The number of fused-ring (bicyclic) bond motifs is 1. The van der Waals surface area contributed by atoms with E-state index in [1.54, 1.807) is 18.3 Å². The van der Waals surface area contributed by atoms with Crippen LogP contribution in [0.25, 0.3) is 4.96 Å². The Morgan fingerprint density at radius 3 is 2.85 bits per heavy atom. The topological polar surface area (TPSA) is 66.7 Å². The van der Waals surface area contributed by atoms with E-state index >= 15 is 0 Å². The average Bonchev–Trinajstić information content (AvgIpc) is 2.97. The Morgan fingerprint density at radius 1 is 1.31 bits per heavy atom. The van der Waals surface area contributed by atoms with E-state index in [1.165, 1.54) is 33.9 Å². The molecule has 1 aromatic carbocycles. The summed E-state index contributed by atoms with van der Waals surface area (Å²) in [5.41, 5.74) is 1.21. The molecule has 3 heterocycles. The van der Waals surface area contributed by atoms with Crippen molar-refractivity contribution in [2.24, 2.45) is 0 Å². The molecular formula is C18H17FN4O2S. The molecule has 1 fully saturated rings. The smallest absolute Gasteiger partial charge is 0.258 e. The van der Waals surface area contributed by atoms with Gasteiger partial charge in [-0.05, 0) is 24.6 Å². The molecule has 0 unspecified atom stereocenters. The van der Waals surface area contributed by atoms with Crippen LogP contribution >= 0.6 is 11.3 Å². The van der Waals surface area contributed by atoms with Crippen molar-refractivity contribution in [3.05, 3.63) is 68.8 Å². The van der Waals surface area contributed by atoms with Crippen molar-refractivity contribution < 1.29 is 9.18 Å². The minimum atomic E-state index is -0.533. The lowest BCUT2D eigenvalue weighted by Crippen LogP contribution is -2.49. The molecule has 0 saturated carbocycles. The standard InChI is InChI=1S/C18H17FN4O2S/c1-11-9-23-15(24)8-14(21-18(23)26-11)10-22-7-6-20-17(25)16(22)12-2-4-13(19)5-3-12/h2-5,8-9,16H,6-7,10H2,1H3,(H,20,25)/t16-/m1/s1. The summed E-state index contributed by atoms with van der Waals surface area (Å²) in [6.07, 6.45) is 1.77. The predicted octanol–water partition coefficient (Wildman–Crippen LogP) is 1.88. The predicted molar refractivity (Wildman–Crippen MR) is 96.6 cm³/mol. The summed E-state index contributed by atoms with van der Waals surface area (Å²) >= 11 is 1.45. The fourth-order valence-corrected chi connectivity index (χ4v) is 4.09. The van der Waals surface area contributed by atoms with Crippen molar-refractivity contribution in [3.8, 4) is 0 Å². The van der Waals surface area contributed by atoms with E-state index in [2.05, 4.69) is 10.3 Å². The van der Waals surface area contributed by atoms with Crippen LogP contribution in [-0.2, 0) is 11.3 Å². The van der Waals surface area contributed by atoms with E-state index in [-0.39, 0.29) is 17.3 Å². The van der Waals surface area contributed by atoms with Crippen LogP contribution in [-0.4, -0.2) is 33.3 Å². The first kappa shape index (κ1) is 16.9. The number of amides is 1. The molecule has 1 aliphatic heterocycles. The number of benzene rings is 1. The van der Waals surface area contributed by atoms with Crippen LogP contribution in [0.4, 0.5) is 4.39 Å². The van der Waals surface area contributed by atoms with Gasteiger partial charge in [-0.25, -0.2) is 9.37 Å². The third-order valence-electron chi connectivity index (χ3n) is 4.40. The third-order valence-corrected chi connectivity index (χ3v) is 5.30. The Morgan fingerprint density at radius 2 is 2.08 bits per heavy atom. The fraction of sp³-hybridized carbons (Fsp3) is 0.278. The number of carbonyl (C=O) groups excluding carboxylic acids is 1. The second-order valence-electron chi connectivity index (χ2n) is 6.30. The molecular weight excluding hydrogens is 355 g/mol. The molecule has 1 amide bonds. The van der Waals surface area contributed by atoms with Crippen LogP contribution < -0.4 is 10.9 Å². The maximum absolute atomic E-state index is 13.2. The van der Waals surface area contributed by atoms with Gasteiger partial charge in [-0.1, -0.05) is 12.1 Å². The van der Waals surface area contributed by atoms with E-state index in [4.69, 9.17) is 0 Å². The van der Waals surface area contributed by atoms with E-state index in [1.807, 2.05) is 11.8 Å². The Bertz CT molecular complexity index is 1030. The number of aryl methyl sites for hydroxylation is 1. The molecule has 26 heavy (non-hydrogen) atoms. The molecule has 8 heteroatoms. The van der Waals surface area contributed by atoms with E-state index in [0.29, 0.717) is 35.9 Å². The lowest BCUT2D eigenvalue weighted by atomic mass is 10.0. The lowest BCUT2D eigenvalue weighted by Gasteiger charge is -2.35. The van der Waals surface area contributed by atoms with Gasteiger partial charge in [-0.15, -0.1) is 11.3 Å². The molecule has 2 aromatic heterocycles. The summed E-state index contributed by atoms with van der Waals surface area (Å²) in [6.45, 7) is 3.45. The van der Waals surface area contributed by atoms with Crippen LogP contribution in [0.3, 0.4) is 0 Å². The van der Waals surface area contributed by atoms with E-state index < -0.39 is 6.04 Å². The number of carbonyl (C=O) groups is 1. The highest BCUT2D eigenvalue weighted by Crippen LogP contribution is 2.25. The minimum absolute atomic E-state index is 0.130. The first-order valence-corrected chi connectivity index (χ1v) is 9.09. The van der Waals surface area contributed by atoms with Gasteiger partial charge in [0, 0.05) is 36.8 Å². The van der Waals surface area contributed by atoms with Gasteiger partial charge in [0.2, 0.25) is 5.91 Å².